The number of carbonyl (C=O) groups excluding carboxylic acids is 1. The Morgan fingerprint density at radius 1 is 1.56 bits per heavy atom. The van der Waals surface area contributed by atoms with Gasteiger partial charge in [-0.1, -0.05) is 34.1 Å². The summed E-state index contributed by atoms with van der Waals surface area (Å²) in [7, 11) is 0. The molecule has 0 radical (unpaired) electrons. The lowest BCUT2D eigenvalue weighted by Crippen LogP contribution is -2.31. The minimum Gasteiger partial charge on any atom is -0.448 e. The van der Waals surface area contributed by atoms with Gasteiger partial charge in [0.05, 0.1) is 6.61 Å². The zero-order valence-electron chi connectivity index (χ0n) is 10.6. The highest BCUT2D eigenvalue weighted by Gasteiger charge is 2.24. The van der Waals surface area contributed by atoms with Gasteiger partial charge in [-0.2, -0.15) is 0 Å². The average molecular weight is 249 g/mol. The normalized spacial score (nSPS) is 14.6. The molecule has 0 spiro atoms. The quantitative estimate of drug-likeness (QED) is 0.681. The van der Waals surface area contributed by atoms with Crippen LogP contribution >= 0.6 is 11.9 Å². The Bertz CT molecular complexity index is 211. The fourth-order valence-corrected chi connectivity index (χ4v) is 1.63. The summed E-state index contributed by atoms with van der Waals surface area (Å²) in [5.41, 5.74) is -0.325. The van der Waals surface area contributed by atoms with Crippen LogP contribution in [-0.4, -0.2) is 29.7 Å². The maximum atomic E-state index is 11.3. The monoisotopic (exact) mass is 249 g/mol. The van der Waals surface area contributed by atoms with E-state index >= 15 is 0 Å². The Kier molecular flexibility index (Phi) is 7.58. The Morgan fingerprint density at radius 2 is 2.19 bits per heavy atom. The van der Waals surface area contributed by atoms with Gasteiger partial charge in [-0.15, -0.1) is 0 Å². The van der Waals surface area contributed by atoms with E-state index in [1.54, 1.807) is 0 Å². The van der Waals surface area contributed by atoms with Gasteiger partial charge < -0.3 is 9.84 Å². The maximum Gasteiger partial charge on any atom is 0.417 e. The molecule has 0 aromatic carbocycles. The minimum atomic E-state index is -0.436. The first kappa shape index (κ1) is 15.6. The third kappa shape index (κ3) is 6.95. The van der Waals surface area contributed by atoms with Crippen LogP contribution in [0, 0.1) is 5.41 Å². The standard InChI is InChI=1S/C11H23NO3S/c1-5-6-11(4,7-13)8-15-10(14)12-16-9(2)3/h9,13H,5-8H2,1-4H3,(H,12,14). The van der Waals surface area contributed by atoms with Crippen molar-refractivity contribution < 1.29 is 14.6 Å². The second kappa shape index (κ2) is 7.79. The van der Waals surface area contributed by atoms with E-state index < -0.39 is 6.09 Å². The van der Waals surface area contributed by atoms with Crippen molar-refractivity contribution in [2.75, 3.05) is 13.2 Å². The fraction of sp³-hybridized carbons (Fsp3) is 0.909. The molecule has 0 bridgehead atoms. The third-order valence-corrected chi connectivity index (χ3v) is 2.92. The molecule has 2 N–H and O–H groups in total. The summed E-state index contributed by atoms with van der Waals surface area (Å²) >= 11 is 1.32. The average Bonchev–Trinajstić information content (AvgIpc) is 2.24. The van der Waals surface area contributed by atoms with E-state index in [9.17, 15) is 9.90 Å². The minimum absolute atomic E-state index is 0.0332. The van der Waals surface area contributed by atoms with Crippen molar-refractivity contribution in [3.63, 3.8) is 0 Å². The highest BCUT2D eigenvalue weighted by atomic mass is 32.2. The number of carbonyl (C=O) groups is 1. The van der Waals surface area contributed by atoms with E-state index in [2.05, 4.69) is 4.72 Å². The van der Waals surface area contributed by atoms with Crippen molar-refractivity contribution in [2.24, 2.45) is 5.41 Å². The van der Waals surface area contributed by atoms with Crippen LogP contribution < -0.4 is 4.72 Å². The molecule has 5 heteroatoms. The molecular formula is C11H23NO3S. The smallest absolute Gasteiger partial charge is 0.417 e. The van der Waals surface area contributed by atoms with Crippen molar-refractivity contribution in [1.29, 1.82) is 0 Å². The zero-order valence-corrected chi connectivity index (χ0v) is 11.4. The van der Waals surface area contributed by atoms with E-state index in [0.717, 1.165) is 12.8 Å². The van der Waals surface area contributed by atoms with Crippen LogP contribution in [-0.2, 0) is 4.74 Å². The first-order valence-corrected chi connectivity index (χ1v) is 6.51. The van der Waals surface area contributed by atoms with Crippen molar-refractivity contribution in [1.82, 2.24) is 4.72 Å². The van der Waals surface area contributed by atoms with Gasteiger partial charge >= 0.3 is 6.09 Å². The number of aliphatic hydroxyl groups is 1. The summed E-state index contributed by atoms with van der Waals surface area (Å²) in [6, 6.07) is 0. The predicted molar refractivity (Wildman–Crippen MR) is 67.3 cm³/mol. The number of amides is 1. The van der Waals surface area contributed by atoms with Crippen LogP contribution in [0.1, 0.15) is 40.5 Å². The van der Waals surface area contributed by atoms with Crippen LogP contribution in [0.4, 0.5) is 4.79 Å². The first-order valence-electron chi connectivity index (χ1n) is 5.63. The predicted octanol–water partition coefficient (Wildman–Crippen LogP) is 2.57. The van der Waals surface area contributed by atoms with Gasteiger partial charge in [0.1, 0.15) is 6.61 Å². The molecule has 0 aromatic heterocycles. The summed E-state index contributed by atoms with van der Waals surface area (Å²) in [5, 5.41) is 9.56. The second-order valence-corrected chi connectivity index (χ2v) is 5.95. The largest absolute Gasteiger partial charge is 0.448 e. The lowest BCUT2D eigenvalue weighted by Gasteiger charge is -2.26. The van der Waals surface area contributed by atoms with E-state index in [4.69, 9.17) is 4.74 Å². The van der Waals surface area contributed by atoms with Gasteiger partial charge in [-0.25, -0.2) is 4.79 Å². The summed E-state index contributed by atoms with van der Waals surface area (Å²) < 4.78 is 7.66. The summed E-state index contributed by atoms with van der Waals surface area (Å²) in [6.45, 7) is 8.22. The number of hydrogen-bond acceptors (Lipinski definition) is 4. The van der Waals surface area contributed by atoms with E-state index in [1.165, 1.54) is 11.9 Å². The molecule has 16 heavy (non-hydrogen) atoms. The van der Waals surface area contributed by atoms with Crippen LogP contribution in [0.15, 0.2) is 0 Å². The highest BCUT2D eigenvalue weighted by molar-refractivity contribution is 7.98. The lowest BCUT2D eigenvalue weighted by molar-refractivity contribution is 0.0458. The van der Waals surface area contributed by atoms with Crippen LogP contribution in [0.25, 0.3) is 0 Å². The van der Waals surface area contributed by atoms with Crippen molar-refractivity contribution in [3.8, 4) is 0 Å². The Balaban J connectivity index is 3.88. The van der Waals surface area contributed by atoms with E-state index in [-0.39, 0.29) is 18.6 Å². The van der Waals surface area contributed by atoms with Crippen molar-refractivity contribution in [2.45, 2.75) is 45.8 Å². The molecule has 0 aliphatic heterocycles. The van der Waals surface area contributed by atoms with Crippen molar-refractivity contribution >= 4 is 18.0 Å². The molecule has 0 saturated heterocycles. The Labute approximate surface area is 102 Å². The van der Waals surface area contributed by atoms with Crippen LogP contribution in [0.5, 0.6) is 0 Å². The molecule has 4 nitrogen and oxygen atoms in total. The molecule has 1 amide bonds. The van der Waals surface area contributed by atoms with E-state index in [1.807, 2.05) is 27.7 Å². The number of ether oxygens (including phenoxy) is 1. The van der Waals surface area contributed by atoms with Crippen LogP contribution in [0.2, 0.25) is 0 Å². The lowest BCUT2D eigenvalue weighted by atomic mass is 9.88. The molecule has 0 rings (SSSR count). The zero-order chi connectivity index (χ0) is 12.6. The molecule has 0 heterocycles. The molecule has 0 fully saturated rings. The van der Waals surface area contributed by atoms with Gasteiger partial charge in [0.15, 0.2) is 0 Å². The first-order chi connectivity index (χ1) is 7.43. The van der Waals surface area contributed by atoms with Crippen LogP contribution in [0.3, 0.4) is 0 Å². The number of nitrogens with one attached hydrogen (secondary N) is 1. The topological polar surface area (TPSA) is 58.6 Å². The Hall–Kier alpha value is -0.420. The molecule has 0 saturated carbocycles. The van der Waals surface area contributed by atoms with Gasteiger partial charge in [0.2, 0.25) is 0 Å². The summed E-state index contributed by atoms with van der Waals surface area (Å²) in [5.74, 6) is 0. The highest BCUT2D eigenvalue weighted by Crippen LogP contribution is 2.22. The number of aliphatic hydroxyl groups excluding tert-OH is 1. The van der Waals surface area contributed by atoms with Gasteiger partial charge in [0, 0.05) is 10.7 Å². The number of hydrogen-bond donors (Lipinski definition) is 2. The molecule has 96 valence electrons. The van der Waals surface area contributed by atoms with Crippen molar-refractivity contribution in [3.05, 3.63) is 0 Å². The molecule has 1 atom stereocenters. The fourth-order valence-electron chi connectivity index (χ4n) is 1.24. The molecular weight excluding hydrogens is 226 g/mol. The summed E-state index contributed by atoms with van der Waals surface area (Å²) in [4.78, 5) is 11.3. The van der Waals surface area contributed by atoms with Gasteiger partial charge in [0.25, 0.3) is 0 Å². The second-order valence-electron chi connectivity index (χ2n) is 4.56. The summed E-state index contributed by atoms with van der Waals surface area (Å²) in [6.07, 6.45) is 1.37. The Morgan fingerprint density at radius 3 is 2.62 bits per heavy atom. The van der Waals surface area contributed by atoms with Gasteiger partial charge in [-0.05, 0) is 18.4 Å². The molecule has 0 aliphatic rings. The molecule has 0 aromatic rings. The maximum absolute atomic E-state index is 11.3. The number of rotatable bonds is 7. The molecule has 1 unspecified atom stereocenters. The third-order valence-electron chi connectivity index (χ3n) is 2.16. The SMILES string of the molecule is CCCC(C)(CO)COC(=O)NSC(C)C. The molecule has 0 aliphatic carbocycles. The van der Waals surface area contributed by atoms with Gasteiger partial charge in [-0.3, -0.25) is 4.72 Å². The van der Waals surface area contributed by atoms with E-state index in [0.29, 0.717) is 5.25 Å².